The van der Waals surface area contributed by atoms with E-state index in [2.05, 4.69) is 22.7 Å². The molecule has 0 saturated carbocycles. The topological polar surface area (TPSA) is 46.5 Å². The van der Waals surface area contributed by atoms with Crippen LogP contribution in [-0.4, -0.2) is 11.2 Å². The molecular weight excluding hydrogens is 474 g/mol. The second-order valence-corrected chi connectivity index (χ2v) is 9.22. The standard InChI is InChI=1S/C29H22ClN3OS/c30-25-15-13-23(14-16-25)27-28(24-9-5-2-6-10-24)35-29(32-27)33-31-19-21-11-17-26(18-12-21)34-20-22-7-3-1-4-8-22/h1-19H,20H2,(H,32,33)/b31-19-. The average Bonchev–Trinajstić information content (AvgIpc) is 3.34. The van der Waals surface area contributed by atoms with Crippen LogP contribution in [0.3, 0.4) is 0 Å². The molecule has 0 bridgehead atoms. The summed E-state index contributed by atoms with van der Waals surface area (Å²) in [5.74, 6) is 0.819. The maximum atomic E-state index is 6.09. The summed E-state index contributed by atoms with van der Waals surface area (Å²) in [6, 6.07) is 35.9. The minimum atomic E-state index is 0.541. The highest BCUT2D eigenvalue weighted by atomic mass is 35.5. The lowest BCUT2D eigenvalue weighted by Gasteiger charge is -2.06. The first-order valence-corrected chi connectivity index (χ1v) is 12.3. The number of hydrogen-bond acceptors (Lipinski definition) is 5. The number of hydrogen-bond donors (Lipinski definition) is 1. The van der Waals surface area contributed by atoms with Crippen LogP contribution in [-0.2, 0) is 6.61 Å². The Morgan fingerprint density at radius 2 is 1.49 bits per heavy atom. The van der Waals surface area contributed by atoms with E-state index in [1.807, 2.05) is 97.1 Å². The third-order valence-electron chi connectivity index (χ3n) is 5.28. The molecule has 0 aliphatic carbocycles. The zero-order valence-corrected chi connectivity index (χ0v) is 20.3. The summed E-state index contributed by atoms with van der Waals surface area (Å²) in [6.07, 6.45) is 1.77. The minimum Gasteiger partial charge on any atom is -0.489 e. The molecule has 6 heteroatoms. The zero-order chi connectivity index (χ0) is 23.9. The lowest BCUT2D eigenvalue weighted by Crippen LogP contribution is -1.95. The first-order valence-electron chi connectivity index (χ1n) is 11.1. The molecule has 172 valence electrons. The third kappa shape index (κ3) is 5.96. The monoisotopic (exact) mass is 495 g/mol. The molecule has 0 unspecified atom stereocenters. The van der Waals surface area contributed by atoms with Crippen LogP contribution in [0.2, 0.25) is 5.02 Å². The van der Waals surface area contributed by atoms with E-state index in [1.54, 1.807) is 17.6 Å². The number of ether oxygens (including phenoxy) is 1. The molecule has 0 aliphatic heterocycles. The molecule has 0 spiro atoms. The zero-order valence-electron chi connectivity index (χ0n) is 18.8. The largest absolute Gasteiger partial charge is 0.489 e. The molecule has 4 aromatic carbocycles. The Hall–Kier alpha value is -3.93. The second-order valence-electron chi connectivity index (χ2n) is 7.78. The third-order valence-corrected chi connectivity index (χ3v) is 6.54. The highest BCUT2D eigenvalue weighted by molar-refractivity contribution is 7.19. The molecule has 1 aromatic heterocycles. The second kappa shape index (κ2) is 11.0. The number of rotatable bonds is 8. The smallest absolute Gasteiger partial charge is 0.204 e. The van der Waals surface area contributed by atoms with Crippen LogP contribution >= 0.6 is 22.9 Å². The van der Waals surface area contributed by atoms with Crippen molar-refractivity contribution in [2.75, 3.05) is 5.43 Å². The van der Waals surface area contributed by atoms with Crippen molar-refractivity contribution in [2.24, 2.45) is 5.10 Å². The Labute approximate surface area is 213 Å². The molecule has 0 atom stereocenters. The molecule has 5 rings (SSSR count). The fourth-order valence-electron chi connectivity index (χ4n) is 3.51. The maximum Gasteiger partial charge on any atom is 0.204 e. The predicted molar refractivity (Wildman–Crippen MR) is 146 cm³/mol. The molecule has 4 nitrogen and oxygen atoms in total. The van der Waals surface area contributed by atoms with Gasteiger partial charge in [-0.05, 0) is 53.1 Å². The van der Waals surface area contributed by atoms with Crippen molar-refractivity contribution in [3.8, 4) is 27.4 Å². The molecule has 0 fully saturated rings. The predicted octanol–water partition coefficient (Wildman–Crippen LogP) is 8.16. The quantitative estimate of drug-likeness (QED) is 0.174. The van der Waals surface area contributed by atoms with Crippen LogP contribution in [0.25, 0.3) is 21.7 Å². The summed E-state index contributed by atoms with van der Waals surface area (Å²) in [5, 5.41) is 5.82. The van der Waals surface area contributed by atoms with Crippen LogP contribution in [0.15, 0.2) is 114 Å². The Morgan fingerprint density at radius 1 is 0.800 bits per heavy atom. The van der Waals surface area contributed by atoms with Crippen LogP contribution in [0.5, 0.6) is 5.75 Å². The van der Waals surface area contributed by atoms with E-state index in [9.17, 15) is 0 Å². The van der Waals surface area contributed by atoms with Crippen molar-refractivity contribution in [3.05, 3.63) is 125 Å². The Bertz CT molecular complexity index is 1400. The van der Waals surface area contributed by atoms with Crippen molar-refractivity contribution >= 4 is 34.3 Å². The van der Waals surface area contributed by atoms with Crippen LogP contribution in [0, 0.1) is 0 Å². The summed E-state index contributed by atoms with van der Waals surface area (Å²) in [5.41, 5.74) is 8.20. The number of benzene rings is 4. The molecule has 5 aromatic rings. The van der Waals surface area contributed by atoms with E-state index >= 15 is 0 Å². The van der Waals surface area contributed by atoms with Gasteiger partial charge in [-0.1, -0.05) is 95.7 Å². The van der Waals surface area contributed by atoms with Gasteiger partial charge in [0.25, 0.3) is 0 Å². The lowest BCUT2D eigenvalue weighted by atomic mass is 10.1. The SMILES string of the molecule is Clc1ccc(-c2nc(N/N=C\c3ccc(OCc4ccccc4)cc3)sc2-c2ccccc2)cc1. The highest BCUT2D eigenvalue weighted by Crippen LogP contribution is 2.39. The van der Waals surface area contributed by atoms with Crippen molar-refractivity contribution < 1.29 is 4.74 Å². The van der Waals surface area contributed by atoms with E-state index in [1.165, 1.54) is 0 Å². The summed E-state index contributed by atoms with van der Waals surface area (Å²) in [7, 11) is 0. The first kappa shape index (κ1) is 22.8. The average molecular weight is 496 g/mol. The number of halogens is 1. The van der Waals surface area contributed by atoms with Gasteiger partial charge in [0.15, 0.2) is 0 Å². The van der Waals surface area contributed by atoms with Gasteiger partial charge >= 0.3 is 0 Å². The van der Waals surface area contributed by atoms with Gasteiger partial charge in [0, 0.05) is 10.6 Å². The summed E-state index contributed by atoms with van der Waals surface area (Å²) in [4.78, 5) is 5.89. The minimum absolute atomic E-state index is 0.541. The summed E-state index contributed by atoms with van der Waals surface area (Å²) in [6.45, 7) is 0.541. The number of hydrazone groups is 1. The summed E-state index contributed by atoms with van der Waals surface area (Å²) < 4.78 is 5.85. The molecule has 0 amide bonds. The molecule has 0 aliphatic rings. The van der Waals surface area contributed by atoms with Crippen LogP contribution < -0.4 is 10.2 Å². The molecule has 0 radical (unpaired) electrons. The summed E-state index contributed by atoms with van der Waals surface area (Å²) >= 11 is 7.65. The fraction of sp³-hybridized carbons (Fsp3) is 0.0345. The Balaban J connectivity index is 1.28. The Kier molecular flexibility index (Phi) is 7.18. The molecule has 1 N–H and O–H groups in total. The van der Waals surface area contributed by atoms with Crippen LogP contribution in [0.1, 0.15) is 11.1 Å². The molecular formula is C29H22ClN3OS. The van der Waals surface area contributed by atoms with Crippen molar-refractivity contribution in [1.82, 2.24) is 4.98 Å². The van der Waals surface area contributed by atoms with Gasteiger partial charge < -0.3 is 4.74 Å². The van der Waals surface area contributed by atoms with Gasteiger partial charge in [0.05, 0.1) is 16.8 Å². The van der Waals surface area contributed by atoms with Gasteiger partial charge in [-0.15, -0.1) is 0 Å². The van der Waals surface area contributed by atoms with Gasteiger partial charge in [0.2, 0.25) is 5.13 Å². The van der Waals surface area contributed by atoms with Gasteiger partial charge in [0.1, 0.15) is 12.4 Å². The van der Waals surface area contributed by atoms with Crippen molar-refractivity contribution in [1.29, 1.82) is 0 Å². The number of thiazole rings is 1. The molecule has 1 heterocycles. The highest BCUT2D eigenvalue weighted by Gasteiger charge is 2.14. The maximum absolute atomic E-state index is 6.09. The Morgan fingerprint density at radius 3 is 2.20 bits per heavy atom. The van der Waals surface area contributed by atoms with E-state index in [4.69, 9.17) is 21.3 Å². The van der Waals surface area contributed by atoms with E-state index in [0.717, 1.165) is 38.6 Å². The normalized spacial score (nSPS) is 11.0. The van der Waals surface area contributed by atoms with E-state index in [-0.39, 0.29) is 0 Å². The van der Waals surface area contributed by atoms with Gasteiger partial charge in [-0.25, -0.2) is 4.98 Å². The number of nitrogens with zero attached hydrogens (tertiary/aromatic N) is 2. The van der Waals surface area contributed by atoms with Crippen molar-refractivity contribution in [2.45, 2.75) is 6.61 Å². The first-order chi connectivity index (χ1) is 17.2. The van der Waals surface area contributed by atoms with Gasteiger partial charge in [-0.3, -0.25) is 5.43 Å². The van der Waals surface area contributed by atoms with Gasteiger partial charge in [-0.2, -0.15) is 5.10 Å². The van der Waals surface area contributed by atoms with E-state index < -0.39 is 0 Å². The number of nitrogens with one attached hydrogen (secondary N) is 1. The lowest BCUT2D eigenvalue weighted by molar-refractivity contribution is 0.306. The van der Waals surface area contributed by atoms with Crippen molar-refractivity contribution in [3.63, 3.8) is 0 Å². The number of anilines is 1. The van der Waals surface area contributed by atoms with E-state index in [0.29, 0.717) is 16.8 Å². The molecule has 0 saturated heterocycles. The van der Waals surface area contributed by atoms with Crippen LogP contribution in [0.4, 0.5) is 5.13 Å². The number of aromatic nitrogens is 1. The fourth-order valence-corrected chi connectivity index (χ4v) is 4.58. The molecule has 35 heavy (non-hydrogen) atoms.